The summed E-state index contributed by atoms with van der Waals surface area (Å²) in [7, 11) is 0. The molecule has 0 heteroatoms. The Bertz CT molecular complexity index is 294. The molecule has 0 aromatic heterocycles. The van der Waals surface area contributed by atoms with Crippen molar-refractivity contribution in [2.24, 2.45) is 11.8 Å². The first-order chi connectivity index (χ1) is 14.7. The fourth-order valence-electron chi connectivity index (χ4n) is 5.12. The van der Waals surface area contributed by atoms with Gasteiger partial charge < -0.3 is 0 Å². The van der Waals surface area contributed by atoms with E-state index in [1.54, 1.807) is 0 Å². The Balaban J connectivity index is 3.98. The summed E-state index contributed by atoms with van der Waals surface area (Å²) in [6, 6.07) is 0. The number of rotatable bonds is 25. The maximum atomic E-state index is 2.55. The third-order valence-corrected chi connectivity index (χ3v) is 7.22. The molecule has 2 atom stereocenters. The zero-order valence-electron chi connectivity index (χ0n) is 22.1. The van der Waals surface area contributed by atoms with Gasteiger partial charge in [-0.25, -0.2) is 0 Å². The molecule has 0 aromatic carbocycles. The van der Waals surface area contributed by atoms with E-state index >= 15 is 0 Å². The highest BCUT2D eigenvalue weighted by molar-refractivity contribution is 4.66. The molecule has 0 saturated heterocycles. The van der Waals surface area contributed by atoms with Crippen LogP contribution in [0.4, 0.5) is 0 Å². The zero-order valence-corrected chi connectivity index (χ0v) is 22.1. The predicted molar refractivity (Wildman–Crippen MR) is 140 cm³/mol. The van der Waals surface area contributed by atoms with Gasteiger partial charge in [0.1, 0.15) is 0 Å². The van der Waals surface area contributed by atoms with Crippen LogP contribution in [0.25, 0.3) is 0 Å². The van der Waals surface area contributed by atoms with Gasteiger partial charge in [-0.05, 0) is 18.3 Å². The summed E-state index contributed by atoms with van der Waals surface area (Å²) < 4.78 is 0. The lowest BCUT2D eigenvalue weighted by atomic mass is 9.85. The lowest BCUT2D eigenvalue weighted by molar-refractivity contribution is 0.313. The molecule has 0 saturated carbocycles. The number of hydrogen-bond acceptors (Lipinski definition) is 0. The third kappa shape index (κ3) is 22.7. The highest BCUT2D eigenvalue weighted by atomic mass is 14.2. The molecule has 182 valence electrons. The molecule has 0 spiro atoms. The van der Waals surface area contributed by atoms with E-state index in [1.807, 2.05) is 0 Å². The van der Waals surface area contributed by atoms with E-state index in [-0.39, 0.29) is 0 Å². The van der Waals surface area contributed by atoms with Gasteiger partial charge in [0.2, 0.25) is 0 Å². The van der Waals surface area contributed by atoms with E-state index in [1.165, 1.54) is 154 Å². The van der Waals surface area contributed by atoms with Gasteiger partial charge in [0.25, 0.3) is 0 Å². The smallest absolute Gasteiger partial charge is 0.0412 e. The minimum Gasteiger partial charge on any atom is -0.0654 e. The Morgan fingerprint density at radius 3 is 1.03 bits per heavy atom. The lowest BCUT2D eigenvalue weighted by Gasteiger charge is -2.21. The van der Waals surface area contributed by atoms with Crippen molar-refractivity contribution in [3.63, 3.8) is 0 Å². The van der Waals surface area contributed by atoms with Gasteiger partial charge in [-0.1, -0.05) is 175 Å². The third-order valence-electron chi connectivity index (χ3n) is 7.22. The summed E-state index contributed by atoms with van der Waals surface area (Å²) in [4.78, 5) is 0. The Hall–Kier alpha value is 0. The molecule has 0 aliphatic carbocycles. The van der Waals surface area contributed by atoms with E-state index in [0.29, 0.717) is 0 Å². The van der Waals surface area contributed by atoms with E-state index in [0.717, 1.165) is 11.8 Å². The Morgan fingerprint density at radius 1 is 0.367 bits per heavy atom. The molecule has 0 heterocycles. The van der Waals surface area contributed by atoms with Gasteiger partial charge in [0, 0.05) is 0 Å². The van der Waals surface area contributed by atoms with E-state index in [9.17, 15) is 0 Å². The molecule has 0 amide bonds. The van der Waals surface area contributed by atoms with Crippen molar-refractivity contribution in [3.05, 3.63) is 0 Å². The van der Waals surface area contributed by atoms with Crippen LogP contribution >= 0.6 is 0 Å². The van der Waals surface area contributed by atoms with Gasteiger partial charge in [0.05, 0.1) is 0 Å². The summed E-state index contributed by atoms with van der Waals surface area (Å²) in [5.74, 6) is 1.97. The molecule has 30 heavy (non-hydrogen) atoms. The van der Waals surface area contributed by atoms with Crippen LogP contribution in [0.3, 0.4) is 0 Å². The highest BCUT2D eigenvalue weighted by Crippen LogP contribution is 2.28. The molecule has 0 aliphatic rings. The number of unbranched alkanes of at least 4 members (excludes halogenated alkanes) is 17. The van der Waals surface area contributed by atoms with Crippen LogP contribution in [0, 0.1) is 11.8 Å². The van der Waals surface area contributed by atoms with Crippen molar-refractivity contribution in [1.29, 1.82) is 0 Å². The second-order valence-electron chi connectivity index (χ2n) is 10.6. The van der Waals surface area contributed by atoms with Gasteiger partial charge in [-0.2, -0.15) is 0 Å². The molecule has 0 bridgehead atoms. The summed E-state index contributed by atoms with van der Waals surface area (Å²) in [6.45, 7) is 9.51. The SMILES string of the molecule is CCCCCCCCCCC(CCCCCCCC)CC(C)CCCCCCCC. The fourth-order valence-corrected chi connectivity index (χ4v) is 5.12. The monoisotopic (exact) mass is 422 g/mol. The minimum atomic E-state index is 0.954. The molecular weight excluding hydrogens is 360 g/mol. The predicted octanol–water partition coefficient (Wildman–Crippen LogP) is 11.7. The molecule has 0 nitrogen and oxygen atoms in total. The first-order valence-electron chi connectivity index (χ1n) is 14.7. The van der Waals surface area contributed by atoms with Crippen LogP contribution in [-0.4, -0.2) is 0 Å². The van der Waals surface area contributed by atoms with Crippen molar-refractivity contribution >= 4 is 0 Å². The molecule has 0 rings (SSSR count). The molecule has 0 fully saturated rings. The second kappa shape index (κ2) is 25.3. The molecule has 0 aliphatic heterocycles. The van der Waals surface area contributed by atoms with Gasteiger partial charge in [-0.3, -0.25) is 0 Å². The zero-order chi connectivity index (χ0) is 22.1. The average Bonchev–Trinajstić information content (AvgIpc) is 2.74. The van der Waals surface area contributed by atoms with Crippen molar-refractivity contribution in [3.8, 4) is 0 Å². The van der Waals surface area contributed by atoms with Crippen molar-refractivity contribution in [1.82, 2.24) is 0 Å². The molecular formula is C30H62. The molecule has 2 unspecified atom stereocenters. The highest BCUT2D eigenvalue weighted by Gasteiger charge is 2.13. The molecule has 0 radical (unpaired) electrons. The van der Waals surface area contributed by atoms with Crippen LogP contribution in [0.2, 0.25) is 0 Å². The van der Waals surface area contributed by atoms with Crippen LogP contribution in [0.15, 0.2) is 0 Å². The standard InChI is InChI=1S/C30H62/c1-5-8-11-14-17-18-21-24-27-30(26-23-20-16-13-10-7-3)28-29(4)25-22-19-15-12-9-6-2/h29-30H,5-28H2,1-4H3. The summed E-state index contributed by atoms with van der Waals surface area (Å²) >= 11 is 0. The second-order valence-corrected chi connectivity index (χ2v) is 10.6. The topological polar surface area (TPSA) is 0 Å². The summed E-state index contributed by atoms with van der Waals surface area (Å²) in [5.41, 5.74) is 0. The Kier molecular flexibility index (Phi) is 25.3. The number of hydrogen-bond donors (Lipinski definition) is 0. The van der Waals surface area contributed by atoms with E-state index < -0.39 is 0 Å². The largest absolute Gasteiger partial charge is 0.0654 e. The van der Waals surface area contributed by atoms with Crippen LogP contribution in [0.1, 0.15) is 182 Å². The van der Waals surface area contributed by atoms with Crippen molar-refractivity contribution < 1.29 is 0 Å². The Morgan fingerprint density at radius 2 is 0.667 bits per heavy atom. The summed E-state index contributed by atoms with van der Waals surface area (Å²) in [6.07, 6.45) is 35.2. The van der Waals surface area contributed by atoms with E-state index in [2.05, 4.69) is 27.7 Å². The van der Waals surface area contributed by atoms with Gasteiger partial charge in [0.15, 0.2) is 0 Å². The molecule has 0 aromatic rings. The minimum absolute atomic E-state index is 0.954. The van der Waals surface area contributed by atoms with Crippen molar-refractivity contribution in [2.75, 3.05) is 0 Å². The van der Waals surface area contributed by atoms with Gasteiger partial charge >= 0.3 is 0 Å². The normalized spacial score (nSPS) is 13.6. The Labute approximate surface area is 193 Å². The molecule has 0 N–H and O–H groups in total. The van der Waals surface area contributed by atoms with Crippen LogP contribution < -0.4 is 0 Å². The maximum Gasteiger partial charge on any atom is -0.0412 e. The van der Waals surface area contributed by atoms with Crippen LogP contribution in [-0.2, 0) is 0 Å². The first kappa shape index (κ1) is 30.0. The first-order valence-corrected chi connectivity index (χ1v) is 14.7. The average molecular weight is 423 g/mol. The summed E-state index contributed by atoms with van der Waals surface area (Å²) in [5, 5.41) is 0. The lowest BCUT2D eigenvalue weighted by Crippen LogP contribution is -2.08. The maximum absolute atomic E-state index is 2.55. The van der Waals surface area contributed by atoms with Crippen LogP contribution in [0.5, 0.6) is 0 Å². The van der Waals surface area contributed by atoms with Gasteiger partial charge in [-0.15, -0.1) is 0 Å². The fraction of sp³-hybridized carbons (Fsp3) is 1.00. The van der Waals surface area contributed by atoms with E-state index in [4.69, 9.17) is 0 Å². The van der Waals surface area contributed by atoms with Crippen molar-refractivity contribution in [2.45, 2.75) is 182 Å². The quantitative estimate of drug-likeness (QED) is 0.128.